The van der Waals surface area contributed by atoms with Gasteiger partial charge in [0, 0.05) is 32.3 Å². The Kier molecular flexibility index (Phi) is 5.01. The fourth-order valence-electron chi connectivity index (χ4n) is 2.39. The zero-order valence-corrected chi connectivity index (χ0v) is 12.7. The Morgan fingerprint density at radius 2 is 2.10 bits per heavy atom. The van der Waals surface area contributed by atoms with Crippen molar-refractivity contribution in [3.8, 4) is 0 Å². The average molecular weight is 311 g/mol. The van der Waals surface area contributed by atoms with Crippen molar-refractivity contribution in [3.63, 3.8) is 0 Å². The summed E-state index contributed by atoms with van der Waals surface area (Å²) in [5.41, 5.74) is 5.29. The van der Waals surface area contributed by atoms with E-state index in [1.54, 1.807) is 28.1 Å². The molecule has 1 aromatic heterocycles. The van der Waals surface area contributed by atoms with Gasteiger partial charge in [-0.1, -0.05) is 11.6 Å². The number of halogens is 1. The van der Waals surface area contributed by atoms with E-state index < -0.39 is 0 Å². The molecule has 2 heterocycles. The van der Waals surface area contributed by atoms with Crippen LogP contribution in [0.25, 0.3) is 0 Å². The van der Waals surface area contributed by atoms with Crippen LogP contribution in [0.15, 0.2) is 18.3 Å². The summed E-state index contributed by atoms with van der Waals surface area (Å²) in [7, 11) is 1.81. The van der Waals surface area contributed by atoms with Crippen LogP contribution in [0.3, 0.4) is 0 Å². The molecule has 7 heteroatoms. The van der Waals surface area contributed by atoms with Crippen LogP contribution in [0.5, 0.6) is 0 Å². The highest BCUT2D eigenvalue weighted by Gasteiger charge is 2.26. The number of nitrogens with two attached hydrogens (primary N) is 1. The van der Waals surface area contributed by atoms with Crippen LogP contribution < -0.4 is 10.6 Å². The number of hydrogen-bond acceptors (Lipinski definition) is 4. The number of likely N-dealkylation sites (tertiary alicyclic amines) is 1. The predicted molar refractivity (Wildman–Crippen MR) is 81.0 cm³/mol. The number of aromatic nitrogens is 1. The molecule has 6 nitrogen and oxygen atoms in total. The third kappa shape index (κ3) is 4.07. The molecule has 0 aromatic carbocycles. The van der Waals surface area contributed by atoms with Gasteiger partial charge in [0.1, 0.15) is 5.82 Å². The summed E-state index contributed by atoms with van der Waals surface area (Å²) in [5.74, 6) is 0.339. The first-order valence-corrected chi connectivity index (χ1v) is 7.25. The smallest absolute Gasteiger partial charge is 0.242 e. The van der Waals surface area contributed by atoms with Crippen molar-refractivity contribution >= 4 is 29.2 Å². The van der Waals surface area contributed by atoms with Gasteiger partial charge in [-0.25, -0.2) is 4.98 Å². The molecule has 2 rings (SSSR count). The highest BCUT2D eigenvalue weighted by molar-refractivity contribution is 6.30. The Morgan fingerprint density at radius 3 is 2.62 bits per heavy atom. The monoisotopic (exact) mass is 310 g/mol. The van der Waals surface area contributed by atoms with E-state index in [4.69, 9.17) is 17.3 Å². The number of amides is 2. The van der Waals surface area contributed by atoms with E-state index in [2.05, 4.69) is 4.98 Å². The maximum absolute atomic E-state index is 12.2. The molecule has 0 saturated carbocycles. The molecule has 1 aromatic rings. The Hall–Kier alpha value is -1.82. The zero-order valence-electron chi connectivity index (χ0n) is 12.0. The number of pyridine rings is 1. The Labute approximate surface area is 128 Å². The van der Waals surface area contributed by atoms with Crippen molar-refractivity contribution in [2.24, 2.45) is 11.7 Å². The molecular formula is C14H19ClN4O2. The first kappa shape index (κ1) is 15.6. The van der Waals surface area contributed by atoms with E-state index in [9.17, 15) is 9.59 Å². The number of carbonyl (C=O) groups is 2. The lowest BCUT2D eigenvalue weighted by molar-refractivity contribution is -0.133. The van der Waals surface area contributed by atoms with Gasteiger partial charge in [-0.15, -0.1) is 0 Å². The molecular weight excluding hydrogens is 292 g/mol. The lowest BCUT2D eigenvalue weighted by Crippen LogP contribution is -2.45. The van der Waals surface area contributed by atoms with Gasteiger partial charge < -0.3 is 15.5 Å². The molecule has 0 atom stereocenters. The number of primary amides is 1. The van der Waals surface area contributed by atoms with Gasteiger partial charge in [0.05, 0.1) is 11.6 Å². The van der Waals surface area contributed by atoms with Crippen LogP contribution in [0.1, 0.15) is 12.8 Å². The number of rotatable bonds is 4. The summed E-state index contributed by atoms with van der Waals surface area (Å²) in [4.78, 5) is 31.1. The molecule has 21 heavy (non-hydrogen) atoms. The highest BCUT2D eigenvalue weighted by atomic mass is 35.5. The number of carbonyl (C=O) groups excluding carboxylic acids is 2. The molecule has 1 fully saturated rings. The molecule has 2 amide bonds. The number of hydrogen-bond donors (Lipinski definition) is 1. The summed E-state index contributed by atoms with van der Waals surface area (Å²) in [6, 6.07) is 3.51. The average Bonchev–Trinajstić information content (AvgIpc) is 2.47. The molecule has 0 unspecified atom stereocenters. The summed E-state index contributed by atoms with van der Waals surface area (Å²) < 4.78 is 0. The zero-order chi connectivity index (χ0) is 15.4. The van der Waals surface area contributed by atoms with Gasteiger partial charge in [0.2, 0.25) is 11.8 Å². The molecule has 0 spiro atoms. The first-order valence-electron chi connectivity index (χ1n) is 6.87. The maximum atomic E-state index is 12.2. The summed E-state index contributed by atoms with van der Waals surface area (Å²) in [6.45, 7) is 1.40. The molecule has 1 saturated heterocycles. The van der Waals surface area contributed by atoms with Gasteiger partial charge in [0.25, 0.3) is 0 Å². The normalized spacial score (nSPS) is 15.8. The lowest BCUT2D eigenvalue weighted by Gasteiger charge is -2.32. The molecule has 2 N–H and O–H groups in total. The van der Waals surface area contributed by atoms with E-state index >= 15 is 0 Å². The van der Waals surface area contributed by atoms with Gasteiger partial charge in [-0.3, -0.25) is 9.59 Å². The molecule has 114 valence electrons. The van der Waals surface area contributed by atoms with E-state index in [0.29, 0.717) is 36.8 Å². The fourth-order valence-corrected chi connectivity index (χ4v) is 2.50. The van der Waals surface area contributed by atoms with Crippen molar-refractivity contribution < 1.29 is 9.59 Å². The van der Waals surface area contributed by atoms with Gasteiger partial charge in [0.15, 0.2) is 0 Å². The van der Waals surface area contributed by atoms with Crippen LogP contribution in [-0.4, -0.2) is 48.4 Å². The lowest BCUT2D eigenvalue weighted by atomic mass is 9.96. The molecule has 0 aliphatic carbocycles. The molecule has 1 aliphatic heterocycles. The van der Waals surface area contributed by atoms with E-state index in [0.717, 1.165) is 0 Å². The third-order valence-corrected chi connectivity index (χ3v) is 3.95. The van der Waals surface area contributed by atoms with Crippen LogP contribution >= 0.6 is 11.6 Å². The van der Waals surface area contributed by atoms with Crippen molar-refractivity contribution in [2.75, 3.05) is 31.6 Å². The third-order valence-electron chi connectivity index (χ3n) is 3.73. The van der Waals surface area contributed by atoms with Crippen LogP contribution in [0.2, 0.25) is 5.02 Å². The second kappa shape index (κ2) is 6.76. The highest BCUT2D eigenvalue weighted by Crippen LogP contribution is 2.18. The standard InChI is InChI=1S/C14H19ClN4O2/c1-18(12-3-2-11(15)8-17-12)9-13(20)19-6-4-10(5-7-19)14(16)21/h2-3,8,10H,4-7,9H2,1H3,(H2,16,21). The van der Waals surface area contributed by atoms with Gasteiger partial charge in [-0.2, -0.15) is 0 Å². The van der Waals surface area contributed by atoms with Crippen LogP contribution in [0, 0.1) is 5.92 Å². The minimum absolute atomic E-state index is 0.0252. The van der Waals surface area contributed by atoms with Crippen molar-refractivity contribution in [1.29, 1.82) is 0 Å². The molecule has 0 bridgehead atoms. The van der Waals surface area contributed by atoms with E-state index in [1.807, 2.05) is 7.05 Å². The topological polar surface area (TPSA) is 79.5 Å². The largest absolute Gasteiger partial charge is 0.369 e. The number of piperidine rings is 1. The maximum Gasteiger partial charge on any atom is 0.242 e. The van der Waals surface area contributed by atoms with E-state index in [1.165, 1.54) is 0 Å². The second-order valence-electron chi connectivity index (χ2n) is 5.25. The summed E-state index contributed by atoms with van der Waals surface area (Å²) in [5, 5.41) is 0.562. The number of anilines is 1. The Balaban J connectivity index is 1.87. The SMILES string of the molecule is CN(CC(=O)N1CCC(C(N)=O)CC1)c1ccc(Cl)cn1. The predicted octanol–water partition coefficient (Wildman–Crippen LogP) is 0.895. The summed E-state index contributed by atoms with van der Waals surface area (Å²) >= 11 is 5.79. The van der Waals surface area contributed by atoms with Gasteiger partial charge >= 0.3 is 0 Å². The second-order valence-corrected chi connectivity index (χ2v) is 5.68. The van der Waals surface area contributed by atoms with Crippen molar-refractivity contribution in [2.45, 2.75) is 12.8 Å². The Bertz CT molecular complexity index is 512. The van der Waals surface area contributed by atoms with Gasteiger partial charge in [-0.05, 0) is 25.0 Å². The van der Waals surface area contributed by atoms with Crippen molar-refractivity contribution in [1.82, 2.24) is 9.88 Å². The minimum atomic E-state index is -0.274. The molecule has 0 radical (unpaired) electrons. The van der Waals surface area contributed by atoms with Crippen LogP contribution in [-0.2, 0) is 9.59 Å². The van der Waals surface area contributed by atoms with Crippen molar-refractivity contribution in [3.05, 3.63) is 23.4 Å². The molecule has 1 aliphatic rings. The van der Waals surface area contributed by atoms with E-state index in [-0.39, 0.29) is 24.3 Å². The first-order chi connectivity index (χ1) is 9.97. The Morgan fingerprint density at radius 1 is 1.43 bits per heavy atom. The number of likely N-dealkylation sites (N-methyl/N-ethyl adjacent to an activating group) is 1. The number of nitrogens with zero attached hydrogens (tertiary/aromatic N) is 3. The quantitative estimate of drug-likeness (QED) is 0.896. The minimum Gasteiger partial charge on any atom is -0.369 e. The summed E-state index contributed by atoms with van der Waals surface area (Å²) in [6.07, 6.45) is 2.84. The van der Waals surface area contributed by atoms with Crippen LogP contribution in [0.4, 0.5) is 5.82 Å². The fraction of sp³-hybridized carbons (Fsp3) is 0.500.